The van der Waals surface area contributed by atoms with E-state index in [4.69, 9.17) is 14.3 Å². The van der Waals surface area contributed by atoms with Gasteiger partial charge in [0, 0.05) is 85.5 Å². The summed E-state index contributed by atoms with van der Waals surface area (Å²) in [7, 11) is -7.31. The molecule has 0 saturated carbocycles. The number of methoxy groups -OCH3 is 1. The molecule has 1 saturated heterocycles. The normalized spacial score (nSPS) is 20.0. The van der Waals surface area contributed by atoms with Gasteiger partial charge in [0.25, 0.3) is 32.1 Å². The summed E-state index contributed by atoms with van der Waals surface area (Å²) < 4.78 is 82.4. The van der Waals surface area contributed by atoms with Gasteiger partial charge in [-0.05, 0) is 76.0 Å². The van der Waals surface area contributed by atoms with Gasteiger partial charge in [-0.2, -0.15) is 21.4 Å². The minimum absolute atomic E-state index is 0.00111. The SMILES string of the molecule is COCCN1c2cc3c(cc2C(C)=CC1(C)C)/C(=C/C=C/C1=[N+](CCCS(=O)(=O)O)c2ccc(S(=O)(=O)O)cc2C1(C)CCCC(=O)ON1C(=O)CCC1=O)C=C(c1ccccc1)O3. The molecule has 1 atom stereocenters. The van der Waals surface area contributed by atoms with E-state index in [9.17, 15) is 40.3 Å². The Balaban J connectivity index is 1.32. The van der Waals surface area contributed by atoms with Crippen LogP contribution in [-0.2, 0) is 49.6 Å². The molecule has 7 rings (SSSR count). The van der Waals surface area contributed by atoms with E-state index in [2.05, 4.69) is 43.9 Å². The Morgan fingerprint density at radius 1 is 0.953 bits per heavy atom. The van der Waals surface area contributed by atoms with Gasteiger partial charge in [0.2, 0.25) is 5.69 Å². The third kappa shape index (κ3) is 9.68. The molecule has 0 aliphatic carbocycles. The van der Waals surface area contributed by atoms with Crippen LogP contribution in [0.4, 0.5) is 11.4 Å². The highest BCUT2D eigenvalue weighted by atomic mass is 32.2. The lowest BCUT2D eigenvalue weighted by molar-refractivity contribution is -0.437. The molecule has 0 spiro atoms. The molecule has 17 heteroatoms. The Labute approximate surface area is 373 Å². The minimum atomic E-state index is -4.66. The van der Waals surface area contributed by atoms with Crippen molar-refractivity contribution in [3.05, 3.63) is 113 Å². The van der Waals surface area contributed by atoms with E-state index in [1.165, 1.54) is 18.2 Å². The first-order valence-electron chi connectivity index (χ1n) is 21.0. The number of anilines is 1. The van der Waals surface area contributed by atoms with E-state index < -0.39 is 49.2 Å². The van der Waals surface area contributed by atoms with Crippen LogP contribution < -0.4 is 9.64 Å². The predicted molar refractivity (Wildman–Crippen MR) is 241 cm³/mol. The number of imide groups is 1. The van der Waals surface area contributed by atoms with Crippen LogP contribution >= 0.6 is 0 Å². The lowest BCUT2D eigenvalue weighted by Gasteiger charge is -2.43. The maximum absolute atomic E-state index is 12.9. The number of nitrogens with zero attached hydrogens (tertiary/aromatic N) is 3. The second-order valence-electron chi connectivity index (χ2n) is 17.0. The summed E-state index contributed by atoms with van der Waals surface area (Å²) in [5.41, 5.74) is 5.93. The first-order chi connectivity index (χ1) is 30.2. The summed E-state index contributed by atoms with van der Waals surface area (Å²) in [5.74, 6) is -1.30. The second kappa shape index (κ2) is 18.0. The number of allylic oxidation sites excluding steroid dienone is 6. The molecule has 3 aromatic rings. The van der Waals surface area contributed by atoms with Gasteiger partial charge < -0.3 is 19.2 Å². The van der Waals surface area contributed by atoms with Crippen LogP contribution in [0.5, 0.6) is 5.75 Å². The molecule has 3 aromatic carbocycles. The Morgan fingerprint density at radius 2 is 1.67 bits per heavy atom. The van der Waals surface area contributed by atoms with Gasteiger partial charge in [0.1, 0.15) is 18.1 Å². The van der Waals surface area contributed by atoms with E-state index in [0.717, 1.165) is 33.5 Å². The van der Waals surface area contributed by atoms with Gasteiger partial charge >= 0.3 is 5.97 Å². The van der Waals surface area contributed by atoms with Crippen molar-refractivity contribution in [1.29, 1.82) is 0 Å². The van der Waals surface area contributed by atoms with Crippen LogP contribution in [0.1, 0.15) is 88.5 Å². The number of amides is 2. The molecule has 15 nitrogen and oxygen atoms in total. The summed E-state index contributed by atoms with van der Waals surface area (Å²) in [4.78, 5) is 44.2. The second-order valence-corrected chi connectivity index (χ2v) is 20.0. The molecular weight excluding hydrogens is 863 g/mol. The van der Waals surface area contributed by atoms with E-state index in [1.54, 1.807) is 7.11 Å². The molecule has 2 N–H and O–H groups in total. The minimum Gasteiger partial charge on any atom is -0.456 e. The number of carbonyl (C=O) groups is 3. The molecule has 4 aliphatic heterocycles. The van der Waals surface area contributed by atoms with Crippen molar-refractivity contribution >= 4 is 72.0 Å². The maximum Gasteiger partial charge on any atom is 0.333 e. The number of hydrogen-bond donors (Lipinski definition) is 2. The van der Waals surface area contributed by atoms with Crippen molar-refractivity contribution in [2.45, 2.75) is 82.1 Å². The fourth-order valence-electron chi connectivity index (χ4n) is 8.99. The smallest absolute Gasteiger partial charge is 0.333 e. The Hall–Kier alpha value is -5.72. The predicted octanol–water partition coefficient (Wildman–Crippen LogP) is 7.07. The van der Waals surface area contributed by atoms with Crippen molar-refractivity contribution in [3.8, 4) is 5.75 Å². The molecule has 4 aliphatic rings. The molecule has 4 heterocycles. The molecule has 1 unspecified atom stereocenters. The van der Waals surface area contributed by atoms with Gasteiger partial charge in [-0.25, -0.2) is 4.79 Å². The summed E-state index contributed by atoms with van der Waals surface area (Å²) in [5, 5.41) is 0.482. The Kier molecular flexibility index (Phi) is 13.0. The molecular formula is C47H52N3O12S2+. The number of fused-ring (bicyclic) bond motifs is 3. The number of hydrogen-bond acceptors (Lipinski definition) is 11. The van der Waals surface area contributed by atoms with Gasteiger partial charge in [0.15, 0.2) is 5.71 Å². The number of carbonyl (C=O) groups excluding carboxylic acids is 3. The third-order valence-corrected chi connectivity index (χ3v) is 13.7. The summed E-state index contributed by atoms with van der Waals surface area (Å²) >= 11 is 0. The molecule has 338 valence electrons. The lowest BCUT2D eigenvalue weighted by Crippen LogP contribution is -2.46. The summed E-state index contributed by atoms with van der Waals surface area (Å²) in [6, 6.07) is 18.0. The molecule has 64 heavy (non-hydrogen) atoms. The summed E-state index contributed by atoms with van der Waals surface area (Å²) in [6.07, 6.45) is 9.86. The van der Waals surface area contributed by atoms with Crippen LogP contribution in [0.2, 0.25) is 0 Å². The van der Waals surface area contributed by atoms with E-state index >= 15 is 0 Å². The van der Waals surface area contributed by atoms with Gasteiger partial charge in [-0.1, -0.05) is 48.6 Å². The quantitative estimate of drug-likeness (QED) is 0.0842. The third-order valence-electron chi connectivity index (χ3n) is 12.1. The zero-order chi connectivity index (χ0) is 46.2. The number of ether oxygens (including phenoxy) is 2. The van der Waals surface area contributed by atoms with E-state index in [0.29, 0.717) is 46.7 Å². The van der Waals surface area contributed by atoms with E-state index in [-0.39, 0.29) is 55.5 Å². The van der Waals surface area contributed by atoms with Gasteiger partial charge in [0.05, 0.1) is 28.2 Å². The van der Waals surface area contributed by atoms with Crippen molar-refractivity contribution in [2.75, 3.05) is 37.5 Å². The van der Waals surface area contributed by atoms with Crippen LogP contribution in [0.25, 0.3) is 16.9 Å². The molecule has 2 amide bonds. The first-order valence-corrected chi connectivity index (χ1v) is 24.0. The zero-order valence-corrected chi connectivity index (χ0v) is 38.0. The highest BCUT2D eigenvalue weighted by Gasteiger charge is 2.48. The topological polar surface area (TPSA) is 197 Å². The fraction of sp³-hybridized carbons (Fsp3) is 0.362. The molecule has 1 fully saturated rings. The summed E-state index contributed by atoms with van der Waals surface area (Å²) in [6.45, 7) is 9.52. The van der Waals surface area contributed by atoms with Crippen LogP contribution in [0.3, 0.4) is 0 Å². The van der Waals surface area contributed by atoms with Gasteiger partial charge in [-0.3, -0.25) is 18.7 Å². The lowest BCUT2D eigenvalue weighted by atomic mass is 9.75. The highest BCUT2D eigenvalue weighted by Crippen LogP contribution is 2.48. The standard InChI is InChI=1S/C47H51N3O12S2/c1-31-30-46(2,3)49(23-24-60-5)39-29-41-36(28-35(31)39)33(26-40(61-41)32-12-7-6-8-13-32)14-9-15-42-47(4,21-10-16-45(53)62-50-43(51)19-20-44(50)52)37-27-34(64(57,58)59)17-18-38(37)48(42)22-11-25-63(54,55)56/h6-9,12-15,17-18,26-30H,10-11,16,19-25H2,1-5H3,(H-,54,55,56,57,58,59)/p+1. The monoisotopic (exact) mass is 914 g/mol. The van der Waals surface area contributed by atoms with Crippen molar-refractivity contribution < 1.29 is 59.2 Å². The molecule has 0 bridgehead atoms. The molecule has 0 radical (unpaired) electrons. The van der Waals surface area contributed by atoms with Crippen molar-refractivity contribution in [1.82, 2.24) is 5.06 Å². The Morgan fingerprint density at radius 3 is 2.34 bits per heavy atom. The Bertz CT molecular complexity index is 2770. The maximum atomic E-state index is 12.9. The van der Waals surface area contributed by atoms with Crippen LogP contribution in [0, 0.1) is 0 Å². The van der Waals surface area contributed by atoms with Gasteiger partial charge in [-0.15, -0.1) is 5.06 Å². The van der Waals surface area contributed by atoms with Crippen LogP contribution in [0.15, 0.2) is 95.9 Å². The van der Waals surface area contributed by atoms with Crippen LogP contribution in [-0.4, -0.2) is 97.2 Å². The van der Waals surface area contributed by atoms with Crippen molar-refractivity contribution in [2.24, 2.45) is 0 Å². The highest BCUT2D eigenvalue weighted by molar-refractivity contribution is 7.86. The van der Waals surface area contributed by atoms with E-state index in [1.807, 2.05) is 66.1 Å². The average Bonchev–Trinajstić information content (AvgIpc) is 3.66. The number of hydroxylamine groups is 2. The van der Waals surface area contributed by atoms with Crippen molar-refractivity contribution in [3.63, 3.8) is 0 Å². The average molecular weight is 915 g/mol. The largest absolute Gasteiger partial charge is 0.456 e. The molecule has 0 aromatic heterocycles. The first kappa shape index (κ1) is 46.3. The zero-order valence-electron chi connectivity index (χ0n) is 36.4. The number of rotatable bonds is 16. The number of benzene rings is 3. The fourth-order valence-corrected chi connectivity index (χ4v) is 9.99.